The molecule has 1 aromatic rings. The van der Waals surface area contributed by atoms with E-state index in [1.807, 2.05) is 28.8 Å². The van der Waals surface area contributed by atoms with Gasteiger partial charge in [0.1, 0.15) is 0 Å². The lowest BCUT2D eigenvalue weighted by molar-refractivity contribution is 0.0768. The normalized spacial score (nSPS) is 18.0. The molecule has 104 valence electrons. The molecule has 19 heavy (non-hydrogen) atoms. The molecule has 2 aliphatic heterocycles. The molecule has 0 saturated carbocycles. The van der Waals surface area contributed by atoms with Crippen molar-refractivity contribution in [2.75, 3.05) is 36.5 Å². The van der Waals surface area contributed by atoms with Gasteiger partial charge in [-0.1, -0.05) is 0 Å². The van der Waals surface area contributed by atoms with Crippen LogP contribution in [0.2, 0.25) is 0 Å². The molecule has 0 aliphatic carbocycles. The highest BCUT2D eigenvalue weighted by atomic mass is 35.5. The molecule has 0 radical (unpaired) electrons. The Morgan fingerprint density at radius 1 is 1.26 bits per heavy atom. The Kier molecular flexibility index (Phi) is 4.99. The van der Waals surface area contributed by atoms with Crippen LogP contribution >= 0.6 is 24.2 Å². The van der Waals surface area contributed by atoms with E-state index in [0.717, 1.165) is 43.8 Å². The van der Waals surface area contributed by atoms with Gasteiger partial charge in [-0.15, -0.1) is 12.4 Å². The first-order valence-corrected chi connectivity index (χ1v) is 7.74. The number of anilines is 1. The van der Waals surface area contributed by atoms with Gasteiger partial charge in [-0.25, -0.2) is 0 Å². The van der Waals surface area contributed by atoms with Crippen molar-refractivity contribution in [1.82, 2.24) is 4.90 Å². The van der Waals surface area contributed by atoms with Crippen molar-refractivity contribution in [2.45, 2.75) is 12.8 Å². The first kappa shape index (κ1) is 14.5. The fraction of sp³-hybridized carbons (Fsp3) is 0.500. The minimum atomic E-state index is 0. The molecule has 0 spiro atoms. The standard InChI is InChI=1S/C14H18N2OS.ClH/c17-14(16-6-1-8-18-9-7-16)12-2-3-13-11(10-12)4-5-15-13;/h2-3,10,15H,1,4-9H2;1H. The number of amides is 1. The predicted molar refractivity (Wildman–Crippen MR) is 83.7 cm³/mol. The maximum atomic E-state index is 12.4. The second-order valence-corrected chi connectivity index (χ2v) is 6.03. The third kappa shape index (κ3) is 3.18. The maximum Gasteiger partial charge on any atom is 0.253 e. The number of hydrogen-bond donors (Lipinski definition) is 1. The summed E-state index contributed by atoms with van der Waals surface area (Å²) in [6, 6.07) is 6.06. The van der Waals surface area contributed by atoms with Gasteiger partial charge in [-0.3, -0.25) is 4.79 Å². The molecular formula is C14H19ClN2OS. The highest BCUT2D eigenvalue weighted by Gasteiger charge is 2.19. The molecule has 2 aliphatic rings. The zero-order valence-corrected chi connectivity index (χ0v) is 12.5. The number of nitrogens with zero attached hydrogens (tertiary/aromatic N) is 1. The molecule has 1 saturated heterocycles. The number of fused-ring (bicyclic) bond motifs is 1. The van der Waals surface area contributed by atoms with Gasteiger partial charge < -0.3 is 10.2 Å². The Morgan fingerprint density at radius 3 is 3.05 bits per heavy atom. The molecule has 3 rings (SSSR count). The third-order valence-electron chi connectivity index (χ3n) is 3.57. The Labute approximate surface area is 124 Å². The highest BCUT2D eigenvalue weighted by Crippen LogP contribution is 2.24. The summed E-state index contributed by atoms with van der Waals surface area (Å²) in [4.78, 5) is 14.5. The van der Waals surface area contributed by atoms with E-state index in [-0.39, 0.29) is 18.3 Å². The van der Waals surface area contributed by atoms with E-state index in [0.29, 0.717) is 0 Å². The van der Waals surface area contributed by atoms with Crippen LogP contribution in [0.4, 0.5) is 5.69 Å². The van der Waals surface area contributed by atoms with Crippen molar-refractivity contribution in [3.63, 3.8) is 0 Å². The SMILES string of the molecule is Cl.O=C(c1ccc2c(c1)CCN2)N1CCCSCC1. The molecule has 1 N–H and O–H groups in total. The molecule has 1 amide bonds. The van der Waals surface area contributed by atoms with E-state index in [9.17, 15) is 4.79 Å². The number of rotatable bonds is 1. The van der Waals surface area contributed by atoms with E-state index >= 15 is 0 Å². The number of thioether (sulfide) groups is 1. The summed E-state index contributed by atoms with van der Waals surface area (Å²) >= 11 is 1.95. The van der Waals surface area contributed by atoms with Crippen molar-refractivity contribution in [3.05, 3.63) is 29.3 Å². The third-order valence-corrected chi connectivity index (χ3v) is 4.62. The first-order chi connectivity index (χ1) is 8.84. The minimum Gasteiger partial charge on any atom is -0.384 e. The van der Waals surface area contributed by atoms with Gasteiger partial charge in [-0.05, 0) is 42.4 Å². The van der Waals surface area contributed by atoms with Crippen molar-refractivity contribution >= 4 is 35.8 Å². The molecule has 0 aromatic heterocycles. The Hall–Kier alpha value is -0.870. The number of carbonyl (C=O) groups is 1. The topological polar surface area (TPSA) is 32.3 Å². The van der Waals surface area contributed by atoms with Crippen LogP contribution in [0.5, 0.6) is 0 Å². The van der Waals surface area contributed by atoms with Crippen LogP contribution < -0.4 is 5.32 Å². The lowest BCUT2D eigenvalue weighted by Crippen LogP contribution is -2.32. The Bertz CT molecular complexity index is 459. The lowest BCUT2D eigenvalue weighted by Gasteiger charge is -2.20. The zero-order chi connectivity index (χ0) is 12.4. The average Bonchev–Trinajstić information content (AvgIpc) is 2.69. The highest BCUT2D eigenvalue weighted by molar-refractivity contribution is 7.99. The first-order valence-electron chi connectivity index (χ1n) is 6.58. The molecule has 3 nitrogen and oxygen atoms in total. The van der Waals surface area contributed by atoms with Gasteiger partial charge >= 0.3 is 0 Å². The van der Waals surface area contributed by atoms with Crippen molar-refractivity contribution in [1.29, 1.82) is 0 Å². The van der Waals surface area contributed by atoms with Crippen LogP contribution in [-0.2, 0) is 6.42 Å². The molecule has 5 heteroatoms. The summed E-state index contributed by atoms with van der Waals surface area (Å²) < 4.78 is 0. The Balaban J connectivity index is 0.00000133. The quantitative estimate of drug-likeness (QED) is 0.865. The van der Waals surface area contributed by atoms with Crippen LogP contribution in [-0.4, -0.2) is 41.9 Å². The summed E-state index contributed by atoms with van der Waals surface area (Å²) in [5, 5.41) is 3.33. The van der Waals surface area contributed by atoms with E-state index in [1.54, 1.807) is 0 Å². The van der Waals surface area contributed by atoms with Crippen LogP contribution in [0.15, 0.2) is 18.2 Å². The van der Waals surface area contributed by atoms with E-state index in [1.165, 1.54) is 17.0 Å². The molecule has 0 bridgehead atoms. The monoisotopic (exact) mass is 298 g/mol. The van der Waals surface area contributed by atoms with Crippen LogP contribution in [0, 0.1) is 0 Å². The van der Waals surface area contributed by atoms with Crippen LogP contribution in [0.1, 0.15) is 22.3 Å². The summed E-state index contributed by atoms with van der Waals surface area (Å²) in [6.45, 7) is 2.79. The van der Waals surface area contributed by atoms with E-state index in [2.05, 4.69) is 11.4 Å². The van der Waals surface area contributed by atoms with Crippen molar-refractivity contribution < 1.29 is 4.79 Å². The molecule has 1 fully saturated rings. The fourth-order valence-electron chi connectivity index (χ4n) is 2.57. The van der Waals surface area contributed by atoms with E-state index < -0.39 is 0 Å². The van der Waals surface area contributed by atoms with Gasteiger partial charge in [0.25, 0.3) is 5.91 Å². The van der Waals surface area contributed by atoms with E-state index in [4.69, 9.17) is 0 Å². The predicted octanol–water partition coefficient (Wildman–Crippen LogP) is 2.66. The Morgan fingerprint density at radius 2 is 2.16 bits per heavy atom. The molecule has 2 heterocycles. The molecule has 0 atom stereocenters. The lowest BCUT2D eigenvalue weighted by atomic mass is 10.1. The average molecular weight is 299 g/mol. The smallest absolute Gasteiger partial charge is 0.253 e. The summed E-state index contributed by atoms with van der Waals surface area (Å²) in [5.41, 5.74) is 3.33. The summed E-state index contributed by atoms with van der Waals surface area (Å²) in [5.74, 6) is 2.45. The summed E-state index contributed by atoms with van der Waals surface area (Å²) in [7, 11) is 0. The number of nitrogens with one attached hydrogen (secondary N) is 1. The second-order valence-electron chi connectivity index (χ2n) is 4.81. The number of benzene rings is 1. The molecule has 1 aromatic carbocycles. The molecule has 0 unspecified atom stereocenters. The second kappa shape index (κ2) is 6.53. The van der Waals surface area contributed by atoms with Crippen molar-refractivity contribution in [2.24, 2.45) is 0 Å². The maximum absolute atomic E-state index is 12.4. The van der Waals surface area contributed by atoms with Crippen molar-refractivity contribution in [3.8, 4) is 0 Å². The largest absolute Gasteiger partial charge is 0.384 e. The number of carbonyl (C=O) groups excluding carboxylic acids is 1. The minimum absolute atomic E-state index is 0. The number of halogens is 1. The van der Waals surface area contributed by atoms with Crippen LogP contribution in [0.25, 0.3) is 0 Å². The van der Waals surface area contributed by atoms with Gasteiger partial charge in [-0.2, -0.15) is 11.8 Å². The summed E-state index contributed by atoms with van der Waals surface area (Å²) in [6.07, 6.45) is 2.15. The zero-order valence-electron chi connectivity index (χ0n) is 10.9. The van der Waals surface area contributed by atoms with Gasteiger partial charge in [0.15, 0.2) is 0 Å². The van der Waals surface area contributed by atoms with Gasteiger partial charge in [0, 0.05) is 36.6 Å². The number of hydrogen-bond acceptors (Lipinski definition) is 3. The van der Waals surface area contributed by atoms with Crippen LogP contribution in [0.3, 0.4) is 0 Å². The van der Waals surface area contributed by atoms with Gasteiger partial charge in [0.2, 0.25) is 0 Å². The fourth-order valence-corrected chi connectivity index (χ4v) is 3.46. The molecular weight excluding hydrogens is 280 g/mol. The van der Waals surface area contributed by atoms with Gasteiger partial charge in [0.05, 0.1) is 0 Å².